The minimum absolute atomic E-state index is 0.0963. The molecule has 0 saturated carbocycles. The van der Waals surface area contributed by atoms with Gasteiger partial charge in [0.15, 0.2) is 0 Å². The van der Waals surface area contributed by atoms with E-state index in [2.05, 4.69) is 5.32 Å². The van der Waals surface area contributed by atoms with Crippen LogP contribution in [0.1, 0.15) is 28.4 Å². The predicted octanol–water partition coefficient (Wildman–Crippen LogP) is 3.00. The molecule has 0 fully saturated rings. The Hall–Kier alpha value is -2.33. The van der Waals surface area contributed by atoms with Crippen LogP contribution in [0.5, 0.6) is 0 Å². The molecule has 2 aromatic carbocycles. The first-order valence-electron chi connectivity index (χ1n) is 7.48. The van der Waals surface area contributed by atoms with Crippen LogP contribution in [-0.2, 0) is 17.9 Å². The number of carbonyl (C=O) groups excluding carboxylic acids is 2. The van der Waals surface area contributed by atoms with E-state index in [0.717, 1.165) is 11.1 Å². The molecule has 1 atom stereocenters. The molecule has 4 nitrogen and oxygen atoms in total. The van der Waals surface area contributed by atoms with Gasteiger partial charge in [0, 0.05) is 23.7 Å². The number of nitrogens with one attached hydrogen (secondary N) is 1. The third-order valence-electron chi connectivity index (χ3n) is 4.11. The number of hydrogen-bond acceptors (Lipinski definition) is 2. The summed E-state index contributed by atoms with van der Waals surface area (Å²) in [5, 5.41) is 3.46. The smallest absolute Gasteiger partial charge is 0.255 e. The van der Waals surface area contributed by atoms with Crippen molar-refractivity contribution in [2.45, 2.75) is 26.1 Å². The number of hydrogen-bond donors (Lipinski definition) is 1. The molecule has 23 heavy (non-hydrogen) atoms. The summed E-state index contributed by atoms with van der Waals surface area (Å²) in [4.78, 5) is 26.3. The molecular formula is C18H17ClN2O2. The van der Waals surface area contributed by atoms with Crippen molar-refractivity contribution in [1.82, 2.24) is 10.2 Å². The van der Waals surface area contributed by atoms with Crippen molar-refractivity contribution in [2.24, 2.45) is 0 Å². The average molecular weight is 329 g/mol. The van der Waals surface area contributed by atoms with Crippen molar-refractivity contribution in [3.05, 3.63) is 70.2 Å². The largest absolute Gasteiger partial charge is 0.350 e. The second-order valence-electron chi connectivity index (χ2n) is 5.58. The molecule has 1 aliphatic heterocycles. The van der Waals surface area contributed by atoms with Crippen LogP contribution in [0.2, 0.25) is 5.02 Å². The maximum absolute atomic E-state index is 12.4. The average Bonchev–Trinajstić information content (AvgIpc) is 2.90. The van der Waals surface area contributed by atoms with Gasteiger partial charge in [-0.3, -0.25) is 9.59 Å². The highest BCUT2D eigenvalue weighted by molar-refractivity contribution is 6.31. The van der Waals surface area contributed by atoms with Crippen LogP contribution in [0, 0.1) is 0 Å². The van der Waals surface area contributed by atoms with E-state index < -0.39 is 6.04 Å². The van der Waals surface area contributed by atoms with Gasteiger partial charge in [-0.2, -0.15) is 0 Å². The molecule has 1 N–H and O–H groups in total. The van der Waals surface area contributed by atoms with Gasteiger partial charge in [-0.05, 0) is 30.2 Å². The summed E-state index contributed by atoms with van der Waals surface area (Å²) < 4.78 is 0. The maximum Gasteiger partial charge on any atom is 0.255 e. The highest BCUT2D eigenvalue weighted by atomic mass is 35.5. The van der Waals surface area contributed by atoms with Crippen LogP contribution in [0.4, 0.5) is 0 Å². The molecule has 1 heterocycles. The number of amides is 2. The van der Waals surface area contributed by atoms with Crippen molar-refractivity contribution >= 4 is 23.4 Å². The quantitative estimate of drug-likeness (QED) is 0.938. The zero-order valence-corrected chi connectivity index (χ0v) is 13.5. The molecule has 2 amide bonds. The third kappa shape index (κ3) is 3.08. The molecule has 1 aliphatic rings. The normalized spacial score (nSPS) is 14.5. The highest BCUT2D eigenvalue weighted by Crippen LogP contribution is 2.24. The van der Waals surface area contributed by atoms with Crippen LogP contribution in [0.3, 0.4) is 0 Å². The van der Waals surface area contributed by atoms with Crippen molar-refractivity contribution < 1.29 is 9.59 Å². The van der Waals surface area contributed by atoms with Crippen molar-refractivity contribution in [2.75, 3.05) is 0 Å². The van der Waals surface area contributed by atoms with Crippen LogP contribution in [0.25, 0.3) is 0 Å². The first-order chi connectivity index (χ1) is 11.1. The van der Waals surface area contributed by atoms with Gasteiger partial charge in [0.25, 0.3) is 5.91 Å². The van der Waals surface area contributed by atoms with Crippen molar-refractivity contribution in [3.63, 3.8) is 0 Å². The molecule has 2 aromatic rings. The first kappa shape index (κ1) is 15.6. The van der Waals surface area contributed by atoms with Gasteiger partial charge in [0.1, 0.15) is 6.04 Å². The second-order valence-corrected chi connectivity index (χ2v) is 5.98. The van der Waals surface area contributed by atoms with Crippen LogP contribution in [0.15, 0.2) is 48.5 Å². The van der Waals surface area contributed by atoms with Gasteiger partial charge < -0.3 is 10.2 Å². The Kier molecular flexibility index (Phi) is 4.35. The Morgan fingerprint density at radius 3 is 2.65 bits per heavy atom. The number of rotatable bonds is 4. The summed E-state index contributed by atoms with van der Waals surface area (Å²) >= 11 is 6.08. The molecule has 0 aromatic heterocycles. The Labute approximate surface area is 140 Å². The minimum atomic E-state index is -0.530. The van der Waals surface area contributed by atoms with E-state index in [0.29, 0.717) is 23.7 Å². The van der Waals surface area contributed by atoms with Crippen LogP contribution in [-0.4, -0.2) is 22.8 Å². The van der Waals surface area contributed by atoms with Gasteiger partial charge in [-0.15, -0.1) is 0 Å². The fraction of sp³-hybridized carbons (Fsp3) is 0.222. The topological polar surface area (TPSA) is 49.4 Å². The third-order valence-corrected chi connectivity index (χ3v) is 4.48. The van der Waals surface area contributed by atoms with E-state index in [4.69, 9.17) is 11.6 Å². The Morgan fingerprint density at radius 1 is 1.22 bits per heavy atom. The van der Waals surface area contributed by atoms with E-state index in [-0.39, 0.29) is 11.8 Å². The first-order valence-corrected chi connectivity index (χ1v) is 7.85. The predicted molar refractivity (Wildman–Crippen MR) is 89.1 cm³/mol. The SMILES string of the molecule is CC(C(=O)NCc1ccccc1Cl)N1Cc2ccccc2C1=O. The summed E-state index contributed by atoms with van der Waals surface area (Å²) in [6.07, 6.45) is 0. The Morgan fingerprint density at radius 2 is 1.91 bits per heavy atom. The van der Waals surface area contributed by atoms with Gasteiger partial charge in [0.2, 0.25) is 5.91 Å². The monoisotopic (exact) mass is 328 g/mol. The Bertz CT molecular complexity index is 760. The number of fused-ring (bicyclic) bond motifs is 1. The lowest BCUT2D eigenvalue weighted by Crippen LogP contribution is -2.45. The van der Waals surface area contributed by atoms with Gasteiger partial charge in [-0.25, -0.2) is 0 Å². The number of halogens is 1. The lowest BCUT2D eigenvalue weighted by molar-refractivity contribution is -0.125. The fourth-order valence-electron chi connectivity index (χ4n) is 2.70. The molecule has 5 heteroatoms. The molecular weight excluding hydrogens is 312 g/mol. The van der Waals surface area contributed by atoms with Gasteiger partial charge in [-0.1, -0.05) is 48.0 Å². The summed E-state index contributed by atoms with van der Waals surface area (Å²) in [5.74, 6) is -0.285. The van der Waals surface area contributed by atoms with Crippen LogP contribution >= 0.6 is 11.6 Å². The maximum atomic E-state index is 12.4. The second kappa shape index (κ2) is 6.42. The molecule has 0 saturated heterocycles. The highest BCUT2D eigenvalue weighted by Gasteiger charge is 2.33. The van der Waals surface area contributed by atoms with E-state index in [1.165, 1.54) is 0 Å². The summed E-state index contributed by atoms with van der Waals surface area (Å²) in [5.41, 5.74) is 2.49. The molecule has 0 radical (unpaired) electrons. The zero-order chi connectivity index (χ0) is 16.4. The molecule has 0 bridgehead atoms. The lowest BCUT2D eigenvalue weighted by atomic mass is 10.1. The van der Waals surface area contributed by atoms with Crippen molar-refractivity contribution in [3.8, 4) is 0 Å². The molecule has 1 unspecified atom stereocenters. The number of nitrogens with zero attached hydrogens (tertiary/aromatic N) is 1. The molecule has 0 spiro atoms. The standard InChI is InChI=1S/C18H17ClN2O2/c1-12(17(22)20-10-13-6-3-5-9-16(13)19)21-11-14-7-2-4-8-15(14)18(21)23/h2-9,12H,10-11H2,1H3,(H,20,22). The molecule has 0 aliphatic carbocycles. The van der Waals surface area contributed by atoms with Gasteiger partial charge in [0.05, 0.1) is 0 Å². The van der Waals surface area contributed by atoms with Gasteiger partial charge >= 0.3 is 0 Å². The number of carbonyl (C=O) groups is 2. The summed E-state index contributed by atoms with van der Waals surface area (Å²) in [6.45, 7) is 2.55. The van der Waals surface area contributed by atoms with E-state index in [1.807, 2.05) is 36.4 Å². The van der Waals surface area contributed by atoms with E-state index in [1.54, 1.807) is 24.0 Å². The lowest BCUT2D eigenvalue weighted by Gasteiger charge is -2.23. The summed E-state index contributed by atoms with van der Waals surface area (Å²) in [6, 6.07) is 14.3. The van der Waals surface area contributed by atoms with Crippen molar-refractivity contribution in [1.29, 1.82) is 0 Å². The number of benzene rings is 2. The molecule has 3 rings (SSSR count). The van der Waals surface area contributed by atoms with Crippen LogP contribution < -0.4 is 5.32 Å². The summed E-state index contributed by atoms with van der Waals surface area (Å²) in [7, 11) is 0. The van der Waals surface area contributed by atoms with E-state index in [9.17, 15) is 9.59 Å². The molecule has 118 valence electrons. The Balaban J connectivity index is 1.65. The minimum Gasteiger partial charge on any atom is -0.350 e. The fourth-order valence-corrected chi connectivity index (χ4v) is 2.91. The zero-order valence-electron chi connectivity index (χ0n) is 12.8. The van der Waals surface area contributed by atoms with E-state index >= 15 is 0 Å².